The summed E-state index contributed by atoms with van der Waals surface area (Å²) in [6.45, 7) is 6.59. The zero-order chi connectivity index (χ0) is 17.3. The van der Waals surface area contributed by atoms with E-state index in [1.165, 1.54) is 7.11 Å². The van der Waals surface area contributed by atoms with Crippen LogP contribution < -0.4 is 4.74 Å². The van der Waals surface area contributed by atoms with Crippen LogP contribution in [0.4, 0.5) is 0 Å². The van der Waals surface area contributed by atoms with E-state index in [0.717, 1.165) is 23.7 Å². The standard InChI is InChI=1S/C18H24N2O4/c1-11(2)24-17-8-16-13(7-15(17)18(21)22-4)9-20(19-16)14-6-5-12(3)23-10-14/h7-9,11-12,14H,5-6,10H2,1-4H3. The normalized spacial score (nSPS) is 21.2. The lowest BCUT2D eigenvalue weighted by molar-refractivity contribution is -0.00351. The van der Waals surface area contributed by atoms with Crippen molar-refractivity contribution in [3.05, 3.63) is 23.9 Å². The van der Waals surface area contributed by atoms with Gasteiger partial charge in [0.15, 0.2) is 0 Å². The minimum Gasteiger partial charge on any atom is -0.490 e. The van der Waals surface area contributed by atoms with Crippen LogP contribution in [-0.4, -0.2) is 41.7 Å². The lowest BCUT2D eigenvalue weighted by atomic mass is 10.1. The Morgan fingerprint density at radius 3 is 2.79 bits per heavy atom. The van der Waals surface area contributed by atoms with E-state index in [1.54, 1.807) is 6.07 Å². The van der Waals surface area contributed by atoms with Gasteiger partial charge in [0.1, 0.15) is 11.3 Å². The summed E-state index contributed by atoms with van der Waals surface area (Å²) in [6, 6.07) is 3.82. The molecule has 130 valence electrons. The number of fused-ring (bicyclic) bond motifs is 1. The quantitative estimate of drug-likeness (QED) is 0.804. The van der Waals surface area contributed by atoms with Crippen LogP contribution in [0.3, 0.4) is 0 Å². The van der Waals surface area contributed by atoms with Gasteiger partial charge in [-0.3, -0.25) is 4.68 Å². The van der Waals surface area contributed by atoms with Gasteiger partial charge in [0.25, 0.3) is 0 Å². The molecule has 1 aromatic heterocycles. The molecule has 1 aliphatic rings. The van der Waals surface area contributed by atoms with E-state index >= 15 is 0 Å². The molecule has 2 unspecified atom stereocenters. The van der Waals surface area contributed by atoms with Crippen molar-refractivity contribution in [1.82, 2.24) is 9.78 Å². The second-order valence-corrected chi connectivity index (χ2v) is 6.55. The van der Waals surface area contributed by atoms with Gasteiger partial charge in [-0.1, -0.05) is 0 Å². The molecular formula is C18H24N2O4. The summed E-state index contributed by atoms with van der Waals surface area (Å²) in [7, 11) is 1.37. The molecule has 1 fully saturated rings. The SMILES string of the molecule is COC(=O)c1cc2cn(C3CCC(C)OC3)nc2cc1OC(C)C. The molecule has 0 aliphatic carbocycles. The van der Waals surface area contributed by atoms with E-state index in [0.29, 0.717) is 24.0 Å². The summed E-state index contributed by atoms with van der Waals surface area (Å²) < 4.78 is 18.3. The highest BCUT2D eigenvalue weighted by Gasteiger charge is 2.22. The number of carbonyl (C=O) groups is 1. The Bertz CT molecular complexity index is 730. The van der Waals surface area contributed by atoms with Gasteiger partial charge in [-0.25, -0.2) is 4.79 Å². The number of nitrogens with zero attached hydrogens (tertiary/aromatic N) is 2. The van der Waals surface area contributed by atoms with E-state index in [-0.39, 0.29) is 12.1 Å². The molecule has 1 aromatic carbocycles. The average Bonchev–Trinajstić information content (AvgIpc) is 2.96. The molecule has 24 heavy (non-hydrogen) atoms. The molecule has 0 amide bonds. The van der Waals surface area contributed by atoms with Gasteiger partial charge in [-0.15, -0.1) is 0 Å². The summed E-state index contributed by atoms with van der Waals surface area (Å²) in [5.74, 6) is 0.0956. The second-order valence-electron chi connectivity index (χ2n) is 6.55. The van der Waals surface area contributed by atoms with Gasteiger partial charge in [-0.05, 0) is 39.7 Å². The molecular weight excluding hydrogens is 308 g/mol. The Kier molecular flexibility index (Phi) is 4.76. The van der Waals surface area contributed by atoms with Gasteiger partial charge in [-0.2, -0.15) is 5.10 Å². The van der Waals surface area contributed by atoms with E-state index in [4.69, 9.17) is 14.2 Å². The van der Waals surface area contributed by atoms with Gasteiger partial charge in [0.05, 0.1) is 37.5 Å². The van der Waals surface area contributed by atoms with Crippen LogP contribution in [0.15, 0.2) is 18.3 Å². The van der Waals surface area contributed by atoms with E-state index in [2.05, 4.69) is 12.0 Å². The molecule has 6 nitrogen and oxygen atoms in total. The summed E-state index contributed by atoms with van der Waals surface area (Å²) in [5.41, 5.74) is 1.23. The molecule has 2 heterocycles. The van der Waals surface area contributed by atoms with Gasteiger partial charge in [0.2, 0.25) is 0 Å². The zero-order valence-electron chi connectivity index (χ0n) is 14.6. The highest BCUT2D eigenvalue weighted by Crippen LogP contribution is 2.29. The maximum Gasteiger partial charge on any atom is 0.341 e. The average molecular weight is 332 g/mol. The fourth-order valence-electron chi connectivity index (χ4n) is 2.96. The number of rotatable bonds is 4. The van der Waals surface area contributed by atoms with Crippen LogP contribution in [0.5, 0.6) is 5.75 Å². The van der Waals surface area contributed by atoms with Crippen molar-refractivity contribution < 1.29 is 19.0 Å². The first-order chi connectivity index (χ1) is 11.5. The molecule has 0 bridgehead atoms. The van der Waals surface area contributed by atoms with Crippen molar-refractivity contribution in [2.24, 2.45) is 0 Å². The number of hydrogen-bond acceptors (Lipinski definition) is 5. The van der Waals surface area contributed by atoms with Crippen molar-refractivity contribution in [3.8, 4) is 5.75 Å². The fourth-order valence-corrected chi connectivity index (χ4v) is 2.96. The lowest BCUT2D eigenvalue weighted by Crippen LogP contribution is -2.26. The van der Waals surface area contributed by atoms with Crippen LogP contribution in [-0.2, 0) is 9.47 Å². The summed E-state index contributed by atoms with van der Waals surface area (Å²) in [4.78, 5) is 12.1. The van der Waals surface area contributed by atoms with Crippen molar-refractivity contribution in [2.75, 3.05) is 13.7 Å². The third-order valence-corrected chi connectivity index (χ3v) is 4.25. The first kappa shape index (κ1) is 16.8. The smallest absolute Gasteiger partial charge is 0.341 e. The maximum absolute atomic E-state index is 12.1. The minimum absolute atomic E-state index is 0.0406. The number of hydrogen-bond donors (Lipinski definition) is 0. The predicted octanol–water partition coefficient (Wildman–Crippen LogP) is 3.35. The Hall–Kier alpha value is -2.08. The number of benzene rings is 1. The van der Waals surface area contributed by atoms with Gasteiger partial charge >= 0.3 is 5.97 Å². The Balaban J connectivity index is 1.97. The van der Waals surface area contributed by atoms with Crippen molar-refractivity contribution >= 4 is 16.9 Å². The molecule has 0 saturated carbocycles. The highest BCUT2D eigenvalue weighted by molar-refractivity contribution is 5.97. The summed E-state index contributed by atoms with van der Waals surface area (Å²) in [5, 5.41) is 5.55. The number of methoxy groups -OCH3 is 1. The van der Waals surface area contributed by atoms with E-state index in [9.17, 15) is 4.79 Å². The Morgan fingerprint density at radius 1 is 1.38 bits per heavy atom. The molecule has 1 aliphatic heterocycles. The topological polar surface area (TPSA) is 62.6 Å². The summed E-state index contributed by atoms with van der Waals surface area (Å²) >= 11 is 0. The Morgan fingerprint density at radius 2 is 2.17 bits per heavy atom. The van der Waals surface area contributed by atoms with Crippen molar-refractivity contribution in [2.45, 2.75) is 51.9 Å². The largest absolute Gasteiger partial charge is 0.490 e. The minimum atomic E-state index is -0.407. The first-order valence-corrected chi connectivity index (χ1v) is 8.37. The molecule has 3 rings (SSSR count). The Labute approximate surface area is 141 Å². The molecule has 1 saturated heterocycles. The van der Waals surface area contributed by atoms with Crippen LogP contribution >= 0.6 is 0 Å². The highest BCUT2D eigenvalue weighted by atomic mass is 16.5. The third kappa shape index (κ3) is 3.38. The third-order valence-electron chi connectivity index (χ3n) is 4.25. The number of aromatic nitrogens is 2. The molecule has 2 aromatic rings. The zero-order valence-corrected chi connectivity index (χ0v) is 14.6. The molecule has 0 N–H and O–H groups in total. The molecule has 6 heteroatoms. The maximum atomic E-state index is 12.1. The van der Waals surface area contributed by atoms with Crippen LogP contribution in [0.1, 0.15) is 50.0 Å². The molecule has 0 spiro atoms. The van der Waals surface area contributed by atoms with Crippen molar-refractivity contribution in [3.63, 3.8) is 0 Å². The van der Waals surface area contributed by atoms with Crippen molar-refractivity contribution in [1.29, 1.82) is 0 Å². The van der Waals surface area contributed by atoms with Gasteiger partial charge in [0, 0.05) is 17.6 Å². The number of carbonyl (C=O) groups excluding carboxylic acids is 1. The first-order valence-electron chi connectivity index (χ1n) is 8.37. The predicted molar refractivity (Wildman–Crippen MR) is 90.5 cm³/mol. The van der Waals surface area contributed by atoms with Crippen LogP contribution in [0, 0.1) is 0 Å². The van der Waals surface area contributed by atoms with E-state index in [1.807, 2.05) is 30.8 Å². The fraction of sp³-hybridized carbons (Fsp3) is 0.556. The lowest BCUT2D eigenvalue weighted by Gasteiger charge is -2.26. The number of ether oxygens (including phenoxy) is 3. The summed E-state index contributed by atoms with van der Waals surface area (Å²) in [6.07, 6.45) is 4.29. The molecule has 2 atom stereocenters. The number of esters is 1. The molecule has 0 radical (unpaired) electrons. The van der Waals surface area contributed by atoms with Crippen LogP contribution in [0.2, 0.25) is 0 Å². The van der Waals surface area contributed by atoms with E-state index < -0.39 is 5.97 Å². The monoisotopic (exact) mass is 332 g/mol. The van der Waals surface area contributed by atoms with Crippen LogP contribution in [0.25, 0.3) is 10.9 Å². The second kappa shape index (κ2) is 6.81. The van der Waals surface area contributed by atoms with Gasteiger partial charge < -0.3 is 14.2 Å².